The standard InChI is InChI=1S/C16H16N4OS/c1-10-18-19-15-7-6-12(9-20(10)15)17-16(21)14-8-11-4-2-3-5-13(11)22-14/h2-5,8,12H,6-7,9H2,1H3,(H,17,21)/t12-/m1/s1. The average molecular weight is 312 g/mol. The monoisotopic (exact) mass is 312 g/mol. The van der Waals surface area contributed by atoms with Crippen molar-refractivity contribution in [3.05, 3.63) is 46.9 Å². The van der Waals surface area contributed by atoms with Crippen LogP contribution in [0.3, 0.4) is 0 Å². The number of hydrogen-bond donors (Lipinski definition) is 1. The number of aryl methyl sites for hydroxylation is 2. The van der Waals surface area contributed by atoms with Gasteiger partial charge in [0.05, 0.1) is 4.88 Å². The Balaban J connectivity index is 1.51. The van der Waals surface area contributed by atoms with Gasteiger partial charge in [-0.25, -0.2) is 0 Å². The molecule has 6 heteroatoms. The van der Waals surface area contributed by atoms with Crippen LogP contribution in [0.25, 0.3) is 10.1 Å². The van der Waals surface area contributed by atoms with E-state index in [1.165, 1.54) is 0 Å². The molecule has 0 saturated heterocycles. The molecule has 0 fully saturated rings. The Morgan fingerprint density at radius 3 is 3.09 bits per heavy atom. The zero-order chi connectivity index (χ0) is 15.1. The maximum absolute atomic E-state index is 12.5. The number of rotatable bonds is 2. The summed E-state index contributed by atoms with van der Waals surface area (Å²) >= 11 is 1.54. The summed E-state index contributed by atoms with van der Waals surface area (Å²) in [6.45, 7) is 2.71. The van der Waals surface area contributed by atoms with Crippen molar-refractivity contribution >= 4 is 27.3 Å². The fourth-order valence-electron chi connectivity index (χ4n) is 2.93. The Morgan fingerprint density at radius 1 is 1.36 bits per heavy atom. The fraction of sp³-hybridized carbons (Fsp3) is 0.312. The maximum Gasteiger partial charge on any atom is 0.261 e. The van der Waals surface area contributed by atoms with E-state index in [9.17, 15) is 4.79 Å². The number of amides is 1. The molecule has 1 atom stereocenters. The highest BCUT2D eigenvalue weighted by Crippen LogP contribution is 2.25. The molecule has 3 aromatic rings. The van der Waals surface area contributed by atoms with Crippen molar-refractivity contribution in [1.29, 1.82) is 0 Å². The molecule has 1 N–H and O–H groups in total. The highest BCUT2D eigenvalue weighted by Gasteiger charge is 2.23. The molecule has 0 radical (unpaired) electrons. The zero-order valence-corrected chi connectivity index (χ0v) is 13.1. The van der Waals surface area contributed by atoms with Crippen LogP contribution < -0.4 is 5.32 Å². The quantitative estimate of drug-likeness (QED) is 0.791. The predicted molar refractivity (Wildman–Crippen MR) is 86.2 cm³/mol. The number of benzene rings is 1. The molecule has 0 bridgehead atoms. The van der Waals surface area contributed by atoms with E-state index < -0.39 is 0 Å². The third-order valence-corrected chi connectivity index (χ3v) is 5.23. The number of nitrogens with zero attached hydrogens (tertiary/aromatic N) is 3. The van der Waals surface area contributed by atoms with Crippen LogP contribution in [0.5, 0.6) is 0 Å². The lowest BCUT2D eigenvalue weighted by Crippen LogP contribution is -2.41. The molecule has 1 aromatic carbocycles. The minimum Gasteiger partial charge on any atom is -0.347 e. The number of carbonyl (C=O) groups is 1. The minimum atomic E-state index is 0.0142. The summed E-state index contributed by atoms with van der Waals surface area (Å²) in [6, 6.07) is 10.2. The first kappa shape index (κ1) is 13.5. The highest BCUT2D eigenvalue weighted by atomic mass is 32.1. The van der Waals surface area contributed by atoms with Gasteiger partial charge in [-0.3, -0.25) is 4.79 Å². The van der Waals surface area contributed by atoms with E-state index in [4.69, 9.17) is 0 Å². The van der Waals surface area contributed by atoms with Crippen molar-refractivity contribution < 1.29 is 4.79 Å². The summed E-state index contributed by atoms with van der Waals surface area (Å²) in [6.07, 6.45) is 1.77. The summed E-state index contributed by atoms with van der Waals surface area (Å²) in [4.78, 5) is 13.2. The van der Waals surface area contributed by atoms with E-state index >= 15 is 0 Å². The number of nitrogens with one attached hydrogen (secondary N) is 1. The van der Waals surface area contributed by atoms with Gasteiger partial charge < -0.3 is 9.88 Å². The Morgan fingerprint density at radius 2 is 2.23 bits per heavy atom. The van der Waals surface area contributed by atoms with Crippen LogP contribution in [-0.2, 0) is 13.0 Å². The lowest BCUT2D eigenvalue weighted by Gasteiger charge is -2.24. The second-order valence-electron chi connectivity index (χ2n) is 5.63. The van der Waals surface area contributed by atoms with Crippen LogP contribution in [-0.4, -0.2) is 26.7 Å². The fourth-order valence-corrected chi connectivity index (χ4v) is 3.90. The number of carbonyl (C=O) groups excluding carboxylic acids is 1. The Hall–Kier alpha value is -2.21. The molecule has 3 heterocycles. The smallest absolute Gasteiger partial charge is 0.261 e. The summed E-state index contributed by atoms with van der Waals surface area (Å²) in [7, 11) is 0. The number of thiophene rings is 1. The van der Waals surface area contributed by atoms with Crippen LogP contribution in [0.2, 0.25) is 0 Å². The first-order chi connectivity index (χ1) is 10.7. The van der Waals surface area contributed by atoms with E-state index in [-0.39, 0.29) is 11.9 Å². The molecule has 5 nitrogen and oxygen atoms in total. The summed E-state index contributed by atoms with van der Waals surface area (Å²) in [5.74, 6) is 1.95. The molecular formula is C16H16N4OS. The molecular weight excluding hydrogens is 296 g/mol. The number of aromatic nitrogens is 3. The van der Waals surface area contributed by atoms with E-state index in [2.05, 4.69) is 20.1 Å². The molecule has 1 aliphatic rings. The summed E-state index contributed by atoms with van der Waals surface area (Å²) in [5, 5.41) is 12.5. The van der Waals surface area contributed by atoms with Crippen molar-refractivity contribution in [3.63, 3.8) is 0 Å². The van der Waals surface area contributed by atoms with Gasteiger partial charge in [0.15, 0.2) is 0 Å². The molecule has 0 unspecified atom stereocenters. The van der Waals surface area contributed by atoms with E-state index in [0.717, 1.165) is 46.0 Å². The topological polar surface area (TPSA) is 59.8 Å². The van der Waals surface area contributed by atoms with E-state index in [1.54, 1.807) is 11.3 Å². The van der Waals surface area contributed by atoms with Crippen LogP contribution in [0.15, 0.2) is 30.3 Å². The van der Waals surface area contributed by atoms with Crippen molar-refractivity contribution in [2.75, 3.05) is 0 Å². The lowest BCUT2D eigenvalue weighted by atomic mass is 10.1. The number of fused-ring (bicyclic) bond motifs is 2. The average Bonchev–Trinajstić information content (AvgIpc) is 3.11. The Labute approximate surface area is 132 Å². The van der Waals surface area contributed by atoms with Crippen LogP contribution in [0.1, 0.15) is 27.7 Å². The second kappa shape index (κ2) is 5.21. The van der Waals surface area contributed by atoms with Gasteiger partial charge in [-0.1, -0.05) is 18.2 Å². The first-order valence-electron chi connectivity index (χ1n) is 7.39. The van der Waals surface area contributed by atoms with Crippen LogP contribution >= 0.6 is 11.3 Å². The summed E-state index contributed by atoms with van der Waals surface area (Å²) in [5.41, 5.74) is 0. The van der Waals surface area contributed by atoms with E-state index in [0.29, 0.717) is 0 Å². The molecule has 0 saturated carbocycles. The van der Waals surface area contributed by atoms with Gasteiger partial charge in [-0.05, 0) is 30.9 Å². The predicted octanol–water partition coefficient (Wildman–Crippen LogP) is 2.55. The van der Waals surface area contributed by atoms with Gasteiger partial charge in [0, 0.05) is 23.7 Å². The van der Waals surface area contributed by atoms with Crippen LogP contribution in [0.4, 0.5) is 0 Å². The normalized spacial score (nSPS) is 17.4. The third kappa shape index (κ3) is 2.29. The largest absolute Gasteiger partial charge is 0.347 e. The van der Waals surface area contributed by atoms with Crippen LogP contribution in [0, 0.1) is 6.92 Å². The van der Waals surface area contributed by atoms with Gasteiger partial charge in [-0.2, -0.15) is 0 Å². The highest BCUT2D eigenvalue weighted by molar-refractivity contribution is 7.20. The zero-order valence-electron chi connectivity index (χ0n) is 12.2. The SMILES string of the molecule is Cc1nnc2n1C[C@H](NC(=O)c1cc3ccccc3s1)CC2. The van der Waals surface area contributed by atoms with Crippen molar-refractivity contribution in [2.45, 2.75) is 32.4 Å². The van der Waals surface area contributed by atoms with Crippen molar-refractivity contribution in [1.82, 2.24) is 20.1 Å². The molecule has 1 amide bonds. The van der Waals surface area contributed by atoms with Gasteiger partial charge in [0.2, 0.25) is 0 Å². The molecule has 0 spiro atoms. The van der Waals surface area contributed by atoms with Crippen molar-refractivity contribution in [2.24, 2.45) is 0 Å². The van der Waals surface area contributed by atoms with Gasteiger partial charge in [-0.15, -0.1) is 21.5 Å². The molecule has 0 aliphatic carbocycles. The van der Waals surface area contributed by atoms with Gasteiger partial charge >= 0.3 is 0 Å². The second-order valence-corrected chi connectivity index (χ2v) is 6.72. The van der Waals surface area contributed by atoms with E-state index in [1.807, 2.05) is 37.3 Å². The Bertz CT molecular complexity index is 818. The summed E-state index contributed by atoms with van der Waals surface area (Å²) < 4.78 is 3.24. The molecule has 22 heavy (non-hydrogen) atoms. The lowest BCUT2D eigenvalue weighted by molar-refractivity contribution is 0.0931. The third-order valence-electron chi connectivity index (χ3n) is 4.12. The van der Waals surface area contributed by atoms with Crippen molar-refractivity contribution in [3.8, 4) is 0 Å². The molecule has 2 aromatic heterocycles. The minimum absolute atomic E-state index is 0.0142. The molecule has 4 rings (SSSR count). The first-order valence-corrected chi connectivity index (χ1v) is 8.20. The van der Waals surface area contributed by atoms with Gasteiger partial charge in [0.1, 0.15) is 11.6 Å². The number of hydrogen-bond acceptors (Lipinski definition) is 4. The maximum atomic E-state index is 12.5. The molecule has 1 aliphatic heterocycles. The van der Waals surface area contributed by atoms with Gasteiger partial charge in [0.25, 0.3) is 5.91 Å². The molecule has 112 valence electrons. The Kier molecular flexibility index (Phi) is 3.18.